The smallest absolute Gasteiger partial charge is 0.00929 e. The maximum atomic E-state index is 3.46. The molecule has 3 heteroatoms. The number of rotatable bonds is 5. The maximum Gasteiger partial charge on any atom is 0.00929 e. The van der Waals surface area contributed by atoms with Crippen molar-refractivity contribution in [2.24, 2.45) is 0 Å². The quantitative estimate of drug-likeness (QED) is 0.826. The lowest BCUT2D eigenvalue weighted by Crippen LogP contribution is -2.36. The first-order chi connectivity index (χ1) is 8.90. The highest BCUT2D eigenvalue weighted by Crippen LogP contribution is 2.23. The molecule has 1 N–H and O–H groups in total. The highest BCUT2D eigenvalue weighted by atomic mass is 32.2. The summed E-state index contributed by atoms with van der Waals surface area (Å²) in [7, 11) is 0. The van der Waals surface area contributed by atoms with Crippen LogP contribution in [0.1, 0.15) is 51.9 Å². The summed E-state index contributed by atoms with van der Waals surface area (Å²) in [5, 5.41) is 4.38. The van der Waals surface area contributed by atoms with Gasteiger partial charge in [0.2, 0.25) is 0 Å². The standard InChI is InChI=1S/C15H30N2S/c1-2-14-6-4-3-5-11-17(14)12-13-18-15-7-9-16-10-8-15/h14-16H,2-13H2,1H3. The van der Waals surface area contributed by atoms with Crippen molar-refractivity contribution in [2.75, 3.05) is 31.9 Å². The summed E-state index contributed by atoms with van der Waals surface area (Å²) in [6, 6.07) is 0.876. The summed E-state index contributed by atoms with van der Waals surface area (Å²) in [6.07, 6.45) is 9.87. The molecular formula is C15H30N2S. The molecule has 2 rings (SSSR count). The molecule has 0 amide bonds. The number of hydrogen-bond acceptors (Lipinski definition) is 3. The maximum absolute atomic E-state index is 3.46. The third-order valence-electron chi connectivity index (χ3n) is 4.49. The van der Waals surface area contributed by atoms with E-state index in [0.29, 0.717) is 0 Å². The molecule has 2 aliphatic heterocycles. The monoisotopic (exact) mass is 270 g/mol. The van der Waals surface area contributed by atoms with Crippen molar-refractivity contribution in [1.82, 2.24) is 10.2 Å². The van der Waals surface area contributed by atoms with Crippen LogP contribution in [-0.2, 0) is 0 Å². The van der Waals surface area contributed by atoms with Crippen molar-refractivity contribution in [2.45, 2.75) is 63.2 Å². The van der Waals surface area contributed by atoms with E-state index in [0.717, 1.165) is 11.3 Å². The highest BCUT2D eigenvalue weighted by molar-refractivity contribution is 7.99. The third kappa shape index (κ3) is 4.75. The third-order valence-corrected chi connectivity index (χ3v) is 5.85. The van der Waals surface area contributed by atoms with Crippen LogP contribution in [0.4, 0.5) is 0 Å². The summed E-state index contributed by atoms with van der Waals surface area (Å²) in [5.41, 5.74) is 0. The van der Waals surface area contributed by atoms with Crippen LogP contribution in [0.3, 0.4) is 0 Å². The van der Waals surface area contributed by atoms with Crippen LogP contribution in [0.15, 0.2) is 0 Å². The fourth-order valence-corrected chi connectivity index (χ4v) is 4.53. The zero-order chi connectivity index (χ0) is 12.6. The molecule has 0 aromatic rings. The number of nitrogens with zero attached hydrogens (tertiary/aromatic N) is 1. The number of nitrogens with one attached hydrogen (secondary N) is 1. The van der Waals surface area contributed by atoms with Crippen LogP contribution in [0, 0.1) is 0 Å². The number of likely N-dealkylation sites (tertiary alicyclic amines) is 1. The molecule has 2 heterocycles. The first-order valence-electron chi connectivity index (χ1n) is 7.96. The van der Waals surface area contributed by atoms with Gasteiger partial charge in [0, 0.05) is 23.6 Å². The fraction of sp³-hybridized carbons (Fsp3) is 1.00. The second kappa shape index (κ2) is 8.44. The molecule has 1 atom stereocenters. The van der Waals surface area contributed by atoms with E-state index in [9.17, 15) is 0 Å². The Morgan fingerprint density at radius 2 is 1.94 bits per heavy atom. The average molecular weight is 270 g/mol. The van der Waals surface area contributed by atoms with Crippen LogP contribution in [0.5, 0.6) is 0 Å². The van der Waals surface area contributed by atoms with Crippen molar-refractivity contribution in [1.29, 1.82) is 0 Å². The van der Waals surface area contributed by atoms with Crippen molar-refractivity contribution < 1.29 is 0 Å². The molecule has 0 saturated carbocycles. The minimum Gasteiger partial charge on any atom is -0.317 e. The molecular weight excluding hydrogens is 240 g/mol. The number of thioether (sulfide) groups is 1. The van der Waals surface area contributed by atoms with Crippen molar-refractivity contribution >= 4 is 11.8 Å². The molecule has 2 fully saturated rings. The summed E-state index contributed by atoms with van der Waals surface area (Å²) in [4.78, 5) is 2.78. The lowest BCUT2D eigenvalue weighted by Gasteiger charge is -2.30. The van der Waals surface area contributed by atoms with Gasteiger partial charge in [0.1, 0.15) is 0 Å². The Balaban J connectivity index is 1.66. The summed E-state index contributed by atoms with van der Waals surface area (Å²) in [5.74, 6) is 1.35. The molecule has 18 heavy (non-hydrogen) atoms. The van der Waals surface area contributed by atoms with Gasteiger partial charge in [-0.3, -0.25) is 4.90 Å². The topological polar surface area (TPSA) is 15.3 Å². The first kappa shape index (κ1) is 14.7. The number of piperidine rings is 1. The van der Waals surface area contributed by atoms with E-state index in [1.807, 2.05) is 0 Å². The van der Waals surface area contributed by atoms with Crippen molar-refractivity contribution in [3.63, 3.8) is 0 Å². The van der Waals surface area contributed by atoms with Gasteiger partial charge >= 0.3 is 0 Å². The van der Waals surface area contributed by atoms with E-state index >= 15 is 0 Å². The summed E-state index contributed by atoms with van der Waals surface area (Å²) < 4.78 is 0. The Hall–Kier alpha value is 0.270. The van der Waals surface area contributed by atoms with Gasteiger partial charge in [0.05, 0.1) is 0 Å². The van der Waals surface area contributed by atoms with E-state index < -0.39 is 0 Å². The van der Waals surface area contributed by atoms with Crippen LogP contribution in [0.2, 0.25) is 0 Å². The van der Waals surface area contributed by atoms with Crippen LogP contribution in [-0.4, -0.2) is 48.1 Å². The van der Waals surface area contributed by atoms with E-state index in [2.05, 4.69) is 28.9 Å². The zero-order valence-electron chi connectivity index (χ0n) is 12.0. The molecule has 2 aliphatic rings. The molecule has 0 aliphatic carbocycles. The van der Waals surface area contributed by atoms with Crippen molar-refractivity contribution in [3.8, 4) is 0 Å². The summed E-state index contributed by atoms with van der Waals surface area (Å²) >= 11 is 2.23. The Bertz CT molecular complexity index is 217. The Morgan fingerprint density at radius 3 is 2.72 bits per heavy atom. The predicted molar refractivity (Wildman–Crippen MR) is 82.5 cm³/mol. The van der Waals surface area contributed by atoms with Crippen LogP contribution < -0.4 is 5.32 Å². The molecule has 2 saturated heterocycles. The average Bonchev–Trinajstić information content (AvgIpc) is 2.65. The van der Waals surface area contributed by atoms with Gasteiger partial charge in [-0.25, -0.2) is 0 Å². The minimum absolute atomic E-state index is 0.876. The second-order valence-corrected chi connectivity index (χ2v) is 7.18. The number of hydrogen-bond donors (Lipinski definition) is 1. The molecule has 0 spiro atoms. The van der Waals surface area contributed by atoms with Crippen LogP contribution >= 0.6 is 11.8 Å². The zero-order valence-corrected chi connectivity index (χ0v) is 12.8. The van der Waals surface area contributed by atoms with Gasteiger partial charge in [-0.15, -0.1) is 0 Å². The minimum atomic E-state index is 0.876. The van der Waals surface area contributed by atoms with Gasteiger partial charge in [-0.1, -0.05) is 19.8 Å². The van der Waals surface area contributed by atoms with E-state index in [-0.39, 0.29) is 0 Å². The molecule has 2 nitrogen and oxygen atoms in total. The fourth-order valence-electron chi connectivity index (χ4n) is 3.29. The molecule has 0 radical (unpaired) electrons. The van der Waals surface area contributed by atoms with Gasteiger partial charge in [-0.05, 0) is 51.7 Å². The second-order valence-electron chi connectivity index (χ2n) is 5.77. The predicted octanol–water partition coefficient (Wildman–Crippen LogP) is 3.13. The molecule has 106 valence electrons. The van der Waals surface area contributed by atoms with Gasteiger partial charge in [0.25, 0.3) is 0 Å². The lowest BCUT2D eigenvalue weighted by atomic mass is 10.1. The van der Waals surface area contributed by atoms with Gasteiger partial charge < -0.3 is 5.32 Å². The van der Waals surface area contributed by atoms with E-state index in [1.165, 1.54) is 76.9 Å². The van der Waals surface area contributed by atoms with E-state index in [1.54, 1.807) is 0 Å². The largest absolute Gasteiger partial charge is 0.317 e. The van der Waals surface area contributed by atoms with E-state index in [4.69, 9.17) is 0 Å². The molecule has 0 bridgehead atoms. The Labute approximate surface area is 117 Å². The van der Waals surface area contributed by atoms with Gasteiger partial charge in [-0.2, -0.15) is 11.8 Å². The van der Waals surface area contributed by atoms with Gasteiger partial charge in [0.15, 0.2) is 0 Å². The van der Waals surface area contributed by atoms with Crippen LogP contribution in [0.25, 0.3) is 0 Å². The lowest BCUT2D eigenvalue weighted by molar-refractivity contribution is 0.207. The molecule has 0 aromatic heterocycles. The Kier molecular flexibility index (Phi) is 6.88. The normalized spacial score (nSPS) is 28.2. The first-order valence-corrected chi connectivity index (χ1v) is 9.01. The highest BCUT2D eigenvalue weighted by Gasteiger charge is 2.19. The summed E-state index contributed by atoms with van der Waals surface area (Å²) in [6.45, 7) is 7.51. The Morgan fingerprint density at radius 1 is 1.11 bits per heavy atom. The molecule has 1 unspecified atom stereocenters. The van der Waals surface area contributed by atoms with Crippen molar-refractivity contribution in [3.05, 3.63) is 0 Å². The SMILES string of the molecule is CCC1CCCCCN1CCSC1CCNCC1. The molecule has 0 aromatic carbocycles.